The number of rotatable bonds is 3. The molecule has 0 saturated heterocycles. The Balaban J connectivity index is 1.67. The van der Waals surface area contributed by atoms with E-state index in [4.69, 9.17) is 16.3 Å². The molecule has 0 bridgehead atoms. The van der Waals surface area contributed by atoms with E-state index in [0.717, 1.165) is 17.0 Å². The largest absolute Gasteiger partial charge is 0.465 e. The van der Waals surface area contributed by atoms with Crippen LogP contribution in [0, 0.1) is 0 Å². The van der Waals surface area contributed by atoms with E-state index in [1.165, 1.54) is 7.11 Å². The monoisotopic (exact) mass is 410 g/mol. The van der Waals surface area contributed by atoms with Crippen LogP contribution < -0.4 is 5.32 Å². The summed E-state index contributed by atoms with van der Waals surface area (Å²) in [6, 6.07) is 13.4. The molecule has 1 aliphatic heterocycles. The number of esters is 1. The number of methoxy groups -OCH3 is 1. The molecule has 8 heteroatoms. The molecule has 3 aromatic rings. The number of para-hydroxylation sites is 1. The number of carbonyl (C=O) groups excluding carboxylic acids is 2. The average Bonchev–Trinajstić information content (AvgIpc) is 3.22. The Morgan fingerprint density at radius 3 is 2.72 bits per heavy atom. The van der Waals surface area contributed by atoms with E-state index in [1.807, 2.05) is 12.1 Å². The third-order valence-electron chi connectivity index (χ3n) is 4.95. The summed E-state index contributed by atoms with van der Waals surface area (Å²) in [5, 5.41) is 3.47. The molecule has 29 heavy (non-hydrogen) atoms. The summed E-state index contributed by atoms with van der Waals surface area (Å²) in [7, 11) is 1.31. The summed E-state index contributed by atoms with van der Waals surface area (Å²) in [5.41, 5.74) is 3.40. The molecule has 1 atom stereocenters. The number of benzene rings is 2. The van der Waals surface area contributed by atoms with Crippen LogP contribution in [0.1, 0.15) is 33.4 Å². The summed E-state index contributed by atoms with van der Waals surface area (Å²) in [5.74, 6) is -0.511. The van der Waals surface area contributed by atoms with Gasteiger partial charge in [0.2, 0.25) is 0 Å². The molecule has 0 saturated carbocycles. The van der Waals surface area contributed by atoms with Crippen LogP contribution in [0.15, 0.2) is 54.9 Å². The first kappa shape index (κ1) is 19.0. The first-order valence-corrected chi connectivity index (χ1v) is 9.49. The van der Waals surface area contributed by atoms with Crippen LogP contribution in [0.2, 0.25) is 5.02 Å². The van der Waals surface area contributed by atoms with Crippen LogP contribution in [0.5, 0.6) is 0 Å². The first-order valence-electron chi connectivity index (χ1n) is 9.11. The zero-order chi connectivity index (χ0) is 20.4. The van der Waals surface area contributed by atoms with Gasteiger partial charge in [0.15, 0.2) is 0 Å². The Kier molecular flexibility index (Phi) is 5.22. The van der Waals surface area contributed by atoms with Gasteiger partial charge >= 0.3 is 12.0 Å². The summed E-state index contributed by atoms with van der Waals surface area (Å²) in [6.07, 6.45) is 2.30. The van der Waals surface area contributed by atoms with Crippen molar-refractivity contribution in [1.82, 2.24) is 14.9 Å². The Morgan fingerprint density at radius 1 is 1.21 bits per heavy atom. The number of amides is 2. The predicted octanol–water partition coefficient (Wildman–Crippen LogP) is 4.03. The topological polar surface area (TPSA) is 87.3 Å². The number of imidazole rings is 1. The highest BCUT2D eigenvalue weighted by molar-refractivity contribution is 6.30. The lowest BCUT2D eigenvalue weighted by Crippen LogP contribution is -2.43. The number of ether oxygens (including phenoxy) is 1. The molecule has 0 fully saturated rings. The lowest BCUT2D eigenvalue weighted by atomic mass is 9.96. The van der Waals surface area contributed by atoms with E-state index in [-0.39, 0.29) is 12.1 Å². The summed E-state index contributed by atoms with van der Waals surface area (Å²) in [4.78, 5) is 34.5. The SMILES string of the molecule is COC(=O)c1ccccc1NC(=O)N1CCc2[nH]cnc2[C@@H]1c1ccc(Cl)cc1. The quantitative estimate of drug-likeness (QED) is 0.638. The minimum atomic E-state index is -0.511. The lowest BCUT2D eigenvalue weighted by molar-refractivity contribution is 0.0602. The third-order valence-corrected chi connectivity index (χ3v) is 5.20. The van der Waals surface area contributed by atoms with Crippen molar-refractivity contribution in [3.8, 4) is 0 Å². The van der Waals surface area contributed by atoms with E-state index in [9.17, 15) is 9.59 Å². The zero-order valence-corrected chi connectivity index (χ0v) is 16.4. The number of fused-ring (bicyclic) bond motifs is 1. The van der Waals surface area contributed by atoms with Gasteiger partial charge in [-0.15, -0.1) is 0 Å². The van der Waals surface area contributed by atoms with E-state index >= 15 is 0 Å². The van der Waals surface area contributed by atoms with Gasteiger partial charge in [-0.2, -0.15) is 0 Å². The van der Waals surface area contributed by atoms with Crippen LogP contribution in [0.4, 0.5) is 10.5 Å². The van der Waals surface area contributed by atoms with Crippen molar-refractivity contribution in [2.45, 2.75) is 12.5 Å². The highest BCUT2D eigenvalue weighted by atomic mass is 35.5. The van der Waals surface area contributed by atoms with Crippen molar-refractivity contribution in [1.29, 1.82) is 0 Å². The molecule has 2 aromatic carbocycles. The number of nitrogens with zero attached hydrogens (tertiary/aromatic N) is 2. The number of nitrogens with one attached hydrogen (secondary N) is 2. The number of halogens is 1. The maximum atomic E-state index is 13.2. The van der Waals surface area contributed by atoms with Crippen LogP contribution in [0.3, 0.4) is 0 Å². The average molecular weight is 411 g/mol. The molecule has 2 heterocycles. The van der Waals surface area contributed by atoms with Gasteiger partial charge < -0.3 is 19.9 Å². The van der Waals surface area contributed by atoms with Crippen molar-refractivity contribution in [3.05, 3.63) is 82.4 Å². The number of hydrogen-bond acceptors (Lipinski definition) is 4. The van der Waals surface area contributed by atoms with Gasteiger partial charge in [0.25, 0.3) is 0 Å². The molecule has 0 unspecified atom stereocenters. The van der Waals surface area contributed by atoms with Gasteiger partial charge in [-0.1, -0.05) is 35.9 Å². The Labute approximate surface area is 172 Å². The van der Waals surface area contributed by atoms with Crippen molar-refractivity contribution in [2.24, 2.45) is 0 Å². The van der Waals surface area contributed by atoms with Crippen molar-refractivity contribution in [2.75, 3.05) is 19.0 Å². The van der Waals surface area contributed by atoms with Crippen LogP contribution in [-0.2, 0) is 11.2 Å². The Bertz CT molecular complexity index is 1050. The molecule has 2 N–H and O–H groups in total. The number of carbonyl (C=O) groups is 2. The molecule has 4 rings (SSSR count). The van der Waals surface area contributed by atoms with Gasteiger partial charge in [-0.05, 0) is 29.8 Å². The maximum Gasteiger partial charge on any atom is 0.339 e. The molecule has 0 radical (unpaired) electrons. The molecule has 0 aliphatic carbocycles. The van der Waals surface area contributed by atoms with E-state index in [0.29, 0.717) is 29.2 Å². The highest BCUT2D eigenvalue weighted by Crippen LogP contribution is 2.34. The number of anilines is 1. The Morgan fingerprint density at radius 2 is 1.97 bits per heavy atom. The van der Waals surface area contributed by atoms with E-state index < -0.39 is 5.97 Å². The minimum absolute atomic E-state index is 0.295. The maximum absolute atomic E-state index is 13.2. The minimum Gasteiger partial charge on any atom is -0.465 e. The molecule has 1 aliphatic rings. The molecule has 7 nitrogen and oxygen atoms in total. The fraction of sp³-hybridized carbons (Fsp3) is 0.190. The second kappa shape index (κ2) is 7.97. The molecule has 148 valence electrons. The number of urea groups is 1. The first-order chi connectivity index (χ1) is 14.1. The lowest BCUT2D eigenvalue weighted by Gasteiger charge is -2.35. The van der Waals surface area contributed by atoms with Gasteiger partial charge in [0.05, 0.1) is 30.4 Å². The fourth-order valence-electron chi connectivity index (χ4n) is 3.55. The van der Waals surface area contributed by atoms with Gasteiger partial charge in [-0.25, -0.2) is 14.6 Å². The molecule has 2 amide bonds. The highest BCUT2D eigenvalue weighted by Gasteiger charge is 2.34. The number of H-pyrrole nitrogens is 1. The smallest absolute Gasteiger partial charge is 0.339 e. The van der Waals surface area contributed by atoms with Crippen LogP contribution in [0.25, 0.3) is 0 Å². The van der Waals surface area contributed by atoms with Gasteiger partial charge in [-0.3, -0.25) is 0 Å². The van der Waals surface area contributed by atoms with E-state index in [1.54, 1.807) is 47.6 Å². The number of hydrogen-bond donors (Lipinski definition) is 2. The van der Waals surface area contributed by atoms with Crippen molar-refractivity contribution >= 4 is 29.3 Å². The molecule has 1 aromatic heterocycles. The van der Waals surface area contributed by atoms with Crippen LogP contribution in [-0.4, -0.2) is 40.5 Å². The molecular formula is C21H19ClN4O3. The predicted molar refractivity (Wildman–Crippen MR) is 109 cm³/mol. The Hall–Kier alpha value is -3.32. The second-order valence-electron chi connectivity index (χ2n) is 6.63. The number of aromatic nitrogens is 2. The molecular weight excluding hydrogens is 392 g/mol. The zero-order valence-electron chi connectivity index (χ0n) is 15.7. The second-order valence-corrected chi connectivity index (χ2v) is 7.07. The van der Waals surface area contributed by atoms with Crippen molar-refractivity contribution in [3.63, 3.8) is 0 Å². The normalized spacial score (nSPS) is 15.5. The summed E-state index contributed by atoms with van der Waals surface area (Å²) in [6.45, 7) is 0.495. The van der Waals surface area contributed by atoms with Gasteiger partial charge in [0, 0.05) is 23.7 Å². The summed E-state index contributed by atoms with van der Waals surface area (Å²) < 4.78 is 4.81. The third kappa shape index (κ3) is 3.69. The van der Waals surface area contributed by atoms with Crippen LogP contribution >= 0.6 is 11.6 Å². The fourth-order valence-corrected chi connectivity index (χ4v) is 3.67. The standard InChI is InChI=1S/C21H19ClN4O3/c1-29-20(27)15-4-2-3-5-16(15)25-21(28)26-11-10-17-18(24-12-23-17)19(26)13-6-8-14(22)9-7-13/h2-9,12,19H,10-11H2,1H3,(H,23,24)(H,25,28)/t19-/m0/s1. The number of aromatic amines is 1. The summed E-state index contributed by atoms with van der Waals surface area (Å²) >= 11 is 6.04. The van der Waals surface area contributed by atoms with Crippen molar-refractivity contribution < 1.29 is 14.3 Å². The van der Waals surface area contributed by atoms with Gasteiger partial charge in [0.1, 0.15) is 6.04 Å². The van der Waals surface area contributed by atoms with E-state index in [2.05, 4.69) is 15.3 Å². The molecule has 0 spiro atoms.